The SMILES string of the molecule is CC[C@]12c3c4ccc(O)c3O[C@H]1C(=O)C(C)=C[C@]21OCN[C@@H]1C4. The van der Waals surface area contributed by atoms with E-state index in [2.05, 4.69) is 12.2 Å². The molecule has 0 radical (unpaired) electrons. The van der Waals surface area contributed by atoms with Crippen molar-refractivity contribution in [3.8, 4) is 11.5 Å². The van der Waals surface area contributed by atoms with Crippen LogP contribution >= 0.6 is 0 Å². The maximum absolute atomic E-state index is 12.9. The summed E-state index contributed by atoms with van der Waals surface area (Å²) in [7, 11) is 0. The molecule has 0 aromatic heterocycles. The van der Waals surface area contributed by atoms with Crippen LogP contribution in [0.25, 0.3) is 0 Å². The van der Waals surface area contributed by atoms with Crippen LogP contribution in [-0.4, -0.2) is 35.4 Å². The van der Waals surface area contributed by atoms with E-state index in [1.165, 1.54) is 0 Å². The summed E-state index contributed by atoms with van der Waals surface area (Å²) in [5.74, 6) is 0.574. The summed E-state index contributed by atoms with van der Waals surface area (Å²) < 4.78 is 12.3. The summed E-state index contributed by atoms with van der Waals surface area (Å²) in [5.41, 5.74) is 1.64. The smallest absolute Gasteiger partial charge is 0.199 e. The second-order valence-corrected chi connectivity index (χ2v) is 7.00. The number of phenols is 1. The first kappa shape index (κ1) is 13.6. The Morgan fingerprint density at radius 1 is 1.43 bits per heavy atom. The van der Waals surface area contributed by atoms with Gasteiger partial charge in [-0.25, -0.2) is 0 Å². The number of ether oxygens (including phenoxy) is 2. The van der Waals surface area contributed by atoms with Crippen molar-refractivity contribution >= 4 is 5.78 Å². The zero-order valence-corrected chi connectivity index (χ0v) is 13.2. The average Bonchev–Trinajstić information content (AvgIpc) is 3.10. The number of ketones is 1. The molecule has 0 bridgehead atoms. The lowest BCUT2D eigenvalue weighted by Gasteiger charge is -2.53. The molecule has 2 heterocycles. The molecule has 4 aliphatic rings. The molecule has 120 valence electrons. The summed E-state index contributed by atoms with van der Waals surface area (Å²) in [6, 6.07) is 3.74. The Bertz CT molecular complexity index is 785. The van der Waals surface area contributed by atoms with Gasteiger partial charge in [0, 0.05) is 11.6 Å². The summed E-state index contributed by atoms with van der Waals surface area (Å²) in [6.45, 7) is 4.37. The lowest BCUT2D eigenvalue weighted by atomic mass is 9.52. The Kier molecular flexibility index (Phi) is 2.34. The first-order valence-electron chi connectivity index (χ1n) is 8.18. The topological polar surface area (TPSA) is 67.8 Å². The van der Waals surface area contributed by atoms with E-state index < -0.39 is 17.1 Å². The number of Topliss-reactive ketones (excluding diaryl/α,β-unsaturated/α-hetero) is 1. The molecule has 23 heavy (non-hydrogen) atoms. The maximum atomic E-state index is 12.9. The second-order valence-electron chi connectivity index (χ2n) is 7.00. The molecule has 1 saturated heterocycles. The van der Waals surface area contributed by atoms with E-state index >= 15 is 0 Å². The van der Waals surface area contributed by atoms with Gasteiger partial charge in [-0.3, -0.25) is 10.1 Å². The standard InChI is InChI=1S/C18H19NO4/c1-3-17-13-10-4-5-11(20)15(13)23-16(17)14(21)9(2)7-18(17)12(6-10)19-8-22-18/h4-5,7,12,16,19-20H,3,6,8H2,1-2H3/t12-,16+,17+,18-/m1/s1. The third-order valence-electron chi connectivity index (χ3n) is 6.25. The molecule has 2 aliphatic carbocycles. The van der Waals surface area contributed by atoms with Crippen LogP contribution in [0, 0.1) is 0 Å². The van der Waals surface area contributed by atoms with Crippen molar-refractivity contribution in [2.24, 2.45) is 0 Å². The van der Waals surface area contributed by atoms with E-state index in [0.29, 0.717) is 18.1 Å². The van der Waals surface area contributed by atoms with Crippen LogP contribution in [0.3, 0.4) is 0 Å². The van der Waals surface area contributed by atoms with Crippen LogP contribution < -0.4 is 10.1 Å². The Hall–Kier alpha value is -1.85. The number of benzene rings is 1. The highest BCUT2D eigenvalue weighted by molar-refractivity contribution is 6.03. The number of hydrogen-bond acceptors (Lipinski definition) is 5. The predicted octanol–water partition coefficient (Wildman–Crippen LogP) is 1.57. The van der Waals surface area contributed by atoms with Crippen molar-refractivity contribution in [3.63, 3.8) is 0 Å². The largest absolute Gasteiger partial charge is 0.504 e. The summed E-state index contributed by atoms with van der Waals surface area (Å²) in [6.07, 6.45) is 2.90. The van der Waals surface area contributed by atoms with Crippen molar-refractivity contribution in [1.82, 2.24) is 5.32 Å². The normalized spacial score (nSPS) is 39.6. The Labute approximate surface area is 134 Å². The first-order valence-corrected chi connectivity index (χ1v) is 8.18. The zero-order valence-electron chi connectivity index (χ0n) is 13.2. The van der Waals surface area contributed by atoms with Gasteiger partial charge in [0.1, 0.15) is 5.60 Å². The highest BCUT2D eigenvalue weighted by Gasteiger charge is 2.72. The highest BCUT2D eigenvalue weighted by atomic mass is 16.5. The number of rotatable bonds is 1. The number of phenolic OH excluding ortho intramolecular Hbond substituents is 1. The molecule has 2 N–H and O–H groups in total. The van der Waals surface area contributed by atoms with Gasteiger partial charge in [0.25, 0.3) is 0 Å². The van der Waals surface area contributed by atoms with Gasteiger partial charge in [-0.15, -0.1) is 0 Å². The van der Waals surface area contributed by atoms with Gasteiger partial charge in [0.05, 0.1) is 12.1 Å². The van der Waals surface area contributed by atoms with Gasteiger partial charge in [-0.1, -0.05) is 13.0 Å². The van der Waals surface area contributed by atoms with E-state index in [1.54, 1.807) is 6.07 Å². The molecule has 1 aromatic carbocycles. The van der Waals surface area contributed by atoms with Crippen LogP contribution in [-0.2, 0) is 21.4 Å². The minimum absolute atomic E-state index is 0.00447. The molecule has 5 rings (SSSR count). The molecule has 5 nitrogen and oxygen atoms in total. The lowest BCUT2D eigenvalue weighted by Crippen LogP contribution is -2.68. The van der Waals surface area contributed by atoms with E-state index in [1.807, 2.05) is 19.1 Å². The van der Waals surface area contributed by atoms with Crippen molar-refractivity contribution in [3.05, 3.63) is 34.9 Å². The summed E-state index contributed by atoms with van der Waals surface area (Å²) >= 11 is 0. The third kappa shape index (κ3) is 1.24. The van der Waals surface area contributed by atoms with E-state index in [-0.39, 0.29) is 17.6 Å². The van der Waals surface area contributed by atoms with Gasteiger partial charge < -0.3 is 14.6 Å². The fraction of sp³-hybridized carbons (Fsp3) is 0.500. The number of hydrogen-bond donors (Lipinski definition) is 2. The molecule has 2 aliphatic heterocycles. The zero-order chi connectivity index (χ0) is 16.0. The molecule has 1 spiro atoms. The van der Waals surface area contributed by atoms with Gasteiger partial charge in [0.15, 0.2) is 23.4 Å². The van der Waals surface area contributed by atoms with Crippen molar-refractivity contribution in [2.45, 2.75) is 49.9 Å². The van der Waals surface area contributed by atoms with E-state index in [0.717, 1.165) is 24.0 Å². The first-order chi connectivity index (χ1) is 11.0. The predicted molar refractivity (Wildman–Crippen MR) is 82.6 cm³/mol. The van der Waals surface area contributed by atoms with Gasteiger partial charge in [-0.2, -0.15) is 0 Å². The number of aromatic hydroxyl groups is 1. The Morgan fingerprint density at radius 3 is 3.04 bits per heavy atom. The van der Waals surface area contributed by atoms with Crippen molar-refractivity contribution in [1.29, 1.82) is 0 Å². The fourth-order valence-corrected chi connectivity index (χ4v) is 5.32. The Balaban J connectivity index is 1.92. The van der Waals surface area contributed by atoms with E-state index in [9.17, 15) is 9.90 Å². The van der Waals surface area contributed by atoms with Gasteiger partial charge in [0.2, 0.25) is 0 Å². The number of carbonyl (C=O) groups is 1. The molecule has 0 saturated carbocycles. The number of carbonyl (C=O) groups excluding carboxylic acids is 1. The van der Waals surface area contributed by atoms with E-state index in [4.69, 9.17) is 9.47 Å². The molecule has 1 fully saturated rings. The third-order valence-corrected chi connectivity index (χ3v) is 6.25. The molecule has 4 atom stereocenters. The quantitative estimate of drug-likeness (QED) is 0.824. The van der Waals surface area contributed by atoms with Crippen LogP contribution in [0.5, 0.6) is 11.5 Å². The molecule has 0 amide bonds. The van der Waals surface area contributed by atoms with Crippen LogP contribution in [0.4, 0.5) is 0 Å². The van der Waals surface area contributed by atoms with Crippen LogP contribution in [0.2, 0.25) is 0 Å². The van der Waals surface area contributed by atoms with Crippen LogP contribution in [0.1, 0.15) is 31.4 Å². The maximum Gasteiger partial charge on any atom is 0.199 e. The van der Waals surface area contributed by atoms with Gasteiger partial charge in [-0.05, 0) is 43.0 Å². The minimum atomic E-state index is -0.623. The fourth-order valence-electron chi connectivity index (χ4n) is 5.32. The number of nitrogens with one attached hydrogen (secondary N) is 1. The van der Waals surface area contributed by atoms with Crippen molar-refractivity contribution in [2.75, 3.05) is 6.73 Å². The van der Waals surface area contributed by atoms with Crippen LogP contribution in [0.15, 0.2) is 23.8 Å². The monoisotopic (exact) mass is 313 g/mol. The molecular weight excluding hydrogens is 294 g/mol. The molecular formula is C18H19NO4. The lowest BCUT2D eigenvalue weighted by molar-refractivity contribution is -0.135. The highest BCUT2D eigenvalue weighted by Crippen LogP contribution is 2.63. The molecule has 5 heteroatoms. The van der Waals surface area contributed by atoms with Crippen molar-refractivity contribution < 1.29 is 19.4 Å². The summed E-state index contributed by atoms with van der Waals surface area (Å²) in [5, 5.41) is 13.7. The summed E-state index contributed by atoms with van der Waals surface area (Å²) in [4.78, 5) is 12.9. The second kappa shape index (κ2) is 3.97. The average molecular weight is 313 g/mol. The Morgan fingerprint density at radius 2 is 2.26 bits per heavy atom. The molecule has 0 unspecified atom stereocenters. The van der Waals surface area contributed by atoms with Gasteiger partial charge >= 0.3 is 0 Å². The molecule has 1 aromatic rings. The minimum Gasteiger partial charge on any atom is -0.504 e.